The number of hydrogen-bond donors (Lipinski definition) is 2. The van der Waals surface area contributed by atoms with Crippen molar-refractivity contribution in [2.24, 2.45) is 0 Å². The minimum absolute atomic E-state index is 0.0169. The molecule has 1 amide bonds. The number of anilines is 1. The summed E-state index contributed by atoms with van der Waals surface area (Å²) < 4.78 is 10.1. The number of carbonyl (C=O) groups excluding carboxylic acids is 3. The Bertz CT molecular complexity index is 779. The van der Waals surface area contributed by atoms with Gasteiger partial charge in [0.2, 0.25) is 0 Å². The Morgan fingerprint density at radius 1 is 1.22 bits per heavy atom. The molecule has 8 nitrogen and oxygen atoms in total. The summed E-state index contributed by atoms with van der Waals surface area (Å²) in [4.78, 5) is 38.5. The van der Waals surface area contributed by atoms with Crippen molar-refractivity contribution in [3.63, 3.8) is 0 Å². The van der Waals surface area contributed by atoms with E-state index in [1.54, 1.807) is 45.0 Å². The maximum absolute atomic E-state index is 12.6. The molecule has 0 spiro atoms. The van der Waals surface area contributed by atoms with Crippen LogP contribution < -0.4 is 5.32 Å². The highest BCUT2D eigenvalue weighted by molar-refractivity contribution is 6.09. The van der Waals surface area contributed by atoms with Gasteiger partial charge in [-0.3, -0.25) is 4.79 Å². The van der Waals surface area contributed by atoms with Gasteiger partial charge in [0, 0.05) is 6.54 Å². The number of nitrogens with zero attached hydrogens (tertiary/aromatic N) is 1. The Kier molecular flexibility index (Phi) is 6.22. The summed E-state index contributed by atoms with van der Waals surface area (Å²) in [6, 6.07) is 6.55. The molecule has 1 aromatic carbocycles. The van der Waals surface area contributed by atoms with Gasteiger partial charge in [0.25, 0.3) is 5.91 Å². The second-order valence-electron chi connectivity index (χ2n) is 6.97. The van der Waals surface area contributed by atoms with E-state index in [9.17, 15) is 14.4 Å². The van der Waals surface area contributed by atoms with Gasteiger partial charge in [0.05, 0.1) is 37.1 Å². The summed E-state index contributed by atoms with van der Waals surface area (Å²) >= 11 is 0. The fourth-order valence-electron chi connectivity index (χ4n) is 2.59. The van der Waals surface area contributed by atoms with E-state index in [4.69, 9.17) is 14.6 Å². The van der Waals surface area contributed by atoms with E-state index in [1.165, 1.54) is 12.0 Å². The van der Waals surface area contributed by atoms with Crippen molar-refractivity contribution in [2.45, 2.75) is 26.4 Å². The Balaban J connectivity index is 2.38. The van der Waals surface area contributed by atoms with Crippen LogP contribution in [0.1, 0.15) is 31.1 Å². The van der Waals surface area contributed by atoms with Crippen LogP contribution in [0.2, 0.25) is 0 Å². The zero-order valence-corrected chi connectivity index (χ0v) is 15.9. The minimum atomic E-state index is -0.679. The molecule has 0 saturated carbocycles. The number of aliphatic hydroxyl groups is 1. The fraction of sp³-hybridized carbons (Fsp3) is 0.421. The summed E-state index contributed by atoms with van der Waals surface area (Å²) in [6.07, 6.45) is 0. The van der Waals surface area contributed by atoms with Crippen molar-refractivity contribution >= 4 is 23.5 Å². The van der Waals surface area contributed by atoms with Crippen LogP contribution in [-0.4, -0.2) is 60.3 Å². The SMILES string of the molecule is COC(=O)C1=C(Nc2ccccc2C(=O)OC(C)(C)C)C(=O)N(CCO)C1. The van der Waals surface area contributed by atoms with Crippen LogP contribution in [0.15, 0.2) is 35.5 Å². The van der Waals surface area contributed by atoms with Crippen molar-refractivity contribution in [3.05, 3.63) is 41.1 Å². The zero-order chi connectivity index (χ0) is 20.2. The summed E-state index contributed by atoms with van der Waals surface area (Å²) in [5.74, 6) is -1.66. The number of amides is 1. The highest BCUT2D eigenvalue weighted by atomic mass is 16.6. The van der Waals surface area contributed by atoms with Gasteiger partial charge in [-0.05, 0) is 32.9 Å². The van der Waals surface area contributed by atoms with E-state index >= 15 is 0 Å². The lowest BCUT2D eigenvalue weighted by Gasteiger charge is -2.21. The molecule has 0 saturated heterocycles. The van der Waals surface area contributed by atoms with Gasteiger partial charge in [0.1, 0.15) is 11.3 Å². The molecule has 2 rings (SSSR count). The normalized spacial score (nSPS) is 14.4. The first-order valence-corrected chi connectivity index (χ1v) is 8.49. The number of methoxy groups -OCH3 is 1. The summed E-state index contributed by atoms with van der Waals surface area (Å²) in [7, 11) is 1.22. The number of nitrogens with one attached hydrogen (secondary N) is 1. The number of ether oxygens (including phenoxy) is 2. The van der Waals surface area contributed by atoms with Crippen LogP contribution in [0.3, 0.4) is 0 Å². The van der Waals surface area contributed by atoms with Crippen molar-refractivity contribution in [3.8, 4) is 0 Å². The molecule has 0 atom stereocenters. The molecule has 1 aliphatic rings. The molecule has 0 unspecified atom stereocenters. The quantitative estimate of drug-likeness (QED) is 0.721. The highest BCUT2D eigenvalue weighted by Crippen LogP contribution is 2.26. The molecule has 1 aliphatic heterocycles. The van der Waals surface area contributed by atoms with Crippen LogP contribution >= 0.6 is 0 Å². The first kappa shape index (κ1) is 20.4. The molecule has 0 aromatic heterocycles. The van der Waals surface area contributed by atoms with Crippen molar-refractivity contribution < 1.29 is 29.0 Å². The Labute approximate surface area is 157 Å². The number of benzene rings is 1. The van der Waals surface area contributed by atoms with Crippen molar-refractivity contribution in [2.75, 3.05) is 32.1 Å². The van der Waals surface area contributed by atoms with Gasteiger partial charge < -0.3 is 24.8 Å². The van der Waals surface area contributed by atoms with Crippen molar-refractivity contribution in [1.29, 1.82) is 0 Å². The molecular formula is C19H24N2O6. The third-order valence-corrected chi connectivity index (χ3v) is 3.76. The van der Waals surface area contributed by atoms with Crippen molar-refractivity contribution in [1.82, 2.24) is 4.90 Å². The topological polar surface area (TPSA) is 105 Å². The average Bonchev–Trinajstić information content (AvgIpc) is 2.90. The number of para-hydroxylation sites is 1. The first-order valence-electron chi connectivity index (χ1n) is 8.49. The third-order valence-electron chi connectivity index (χ3n) is 3.76. The number of hydrogen-bond acceptors (Lipinski definition) is 7. The van der Waals surface area contributed by atoms with E-state index in [-0.39, 0.29) is 36.5 Å². The molecular weight excluding hydrogens is 352 g/mol. The zero-order valence-electron chi connectivity index (χ0n) is 15.9. The molecule has 0 radical (unpaired) electrons. The molecule has 0 bridgehead atoms. The lowest BCUT2D eigenvalue weighted by atomic mass is 10.1. The van der Waals surface area contributed by atoms with Crippen LogP contribution in [0.5, 0.6) is 0 Å². The maximum atomic E-state index is 12.6. The number of aliphatic hydroxyl groups excluding tert-OH is 1. The first-order chi connectivity index (χ1) is 12.7. The average molecular weight is 376 g/mol. The van der Waals surface area contributed by atoms with Gasteiger partial charge in [-0.25, -0.2) is 9.59 Å². The molecule has 0 aliphatic carbocycles. The standard InChI is InChI=1S/C19H24N2O6/c1-19(2,3)27-18(25)12-7-5-6-8-14(12)20-15-13(17(24)26-4)11-21(9-10-22)16(15)23/h5-8,20,22H,9-11H2,1-4H3. The highest BCUT2D eigenvalue weighted by Gasteiger charge is 2.35. The lowest BCUT2D eigenvalue weighted by molar-refractivity contribution is -0.136. The predicted octanol–water partition coefficient (Wildman–Crippen LogP) is 1.32. The van der Waals surface area contributed by atoms with Gasteiger partial charge >= 0.3 is 11.9 Å². The largest absolute Gasteiger partial charge is 0.466 e. The number of esters is 2. The number of rotatable bonds is 6. The monoisotopic (exact) mass is 376 g/mol. The lowest BCUT2D eigenvalue weighted by Crippen LogP contribution is -2.31. The summed E-state index contributed by atoms with van der Waals surface area (Å²) in [6.45, 7) is 5.13. The van der Waals surface area contributed by atoms with Gasteiger partial charge in [-0.15, -0.1) is 0 Å². The summed E-state index contributed by atoms with van der Waals surface area (Å²) in [5, 5.41) is 12.0. The van der Waals surface area contributed by atoms with E-state index in [2.05, 4.69) is 5.32 Å². The van der Waals surface area contributed by atoms with E-state index in [0.717, 1.165) is 0 Å². The maximum Gasteiger partial charge on any atom is 0.340 e. The molecule has 8 heteroatoms. The second kappa shape index (κ2) is 8.22. The Morgan fingerprint density at radius 3 is 2.48 bits per heavy atom. The predicted molar refractivity (Wildman–Crippen MR) is 97.9 cm³/mol. The van der Waals surface area contributed by atoms with Crippen LogP contribution in [-0.2, 0) is 19.1 Å². The van der Waals surface area contributed by atoms with Gasteiger partial charge in [0.15, 0.2) is 0 Å². The molecule has 146 valence electrons. The second-order valence-corrected chi connectivity index (χ2v) is 6.97. The minimum Gasteiger partial charge on any atom is -0.466 e. The number of carbonyl (C=O) groups is 3. The fourth-order valence-corrected chi connectivity index (χ4v) is 2.59. The van der Waals surface area contributed by atoms with Gasteiger partial charge in [-0.1, -0.05) is 12.1 Å². The van der Waals surface area contributed by atoms with Gasteiger partial charge in [-0.2, -0.15) is 0 Å². The van der Waals surface area contributed by atoms with Crippen LogP contribution in [0, 0.1) is 0 Å². The molecule has 1 aromatic rings. The molecule has 2 N–H and O–H groups in total. The smallest absolute Gasteiger partial charge is 0.340 e. The van der Waals surface area contributed by atoms with E-state index in [0.29, 0.717) is 5.69 Å². The third kappa shape index (κ3) is 4.85. The number of β-amino-alcohol motifs (C(OH)–C–C–N with tert-alkyl or cyclic N) is 1. The van der Waals surface area contributed by atoms with Crippen LogP contribution in [0.25, 0.3) is 0 Å². The van der Waals surface area contributed by atoms with E-state index < -0.39 is 23.4 Å². The molecule has 1 heterocycles. The molecule has 0 fully saturated rings. The summed E-state index contributed by atoms with van der Waals surface area (Å²) in [5.41, 5.74) is 0.0445. The van der Waals surface area contributed by atoms with Crippen LogP contribution in [0.4, 0.5) is 5.69 Å². The molecule has 27 heavy (non-hydrogen) atoms. The Morgan fingerprint density at radius 2 is 1.89 bits per heavy atom. The van der Waals surface area contributed by atoms with E-state index in [1.807, 2.05) is 0 Å². The Hall–Kier alpha value is -2.87.